The normalized spacial score (nSPS) is 15.4. The number of hydrogen-bond acceptors (Lipinski definition) is 6. The van der Waals surface area contributed by atoms with Gasteiger partial charge in [-0.2, -0.15) is 0 Å². The molecule has 1 aromatic heterocycles. The van der Waals surface area contributed by atoms with Gasteiger partial charge in [0.2, 0.25) is 5.82 Å². The number of amides is 1. The van der Waals surface area contributed by atoms with Gasteiger partial charge in [0.1, 0.15) is 22.5 Å². The van der Waals surface area contributed by atoms with Crippen LogP contribution in [0.15, 0.2) is 41.3 Å². The lowest BCUT2D eigenvalue weighted by Gasteiger charge is -2.16. The average Bonchev–Trinajstić information content (AvgIpc) is 3.38. The van der Waals surface area contributed by atoms with Crippen LogP contribution in [0.3, 0.4) is 0 Å². The van der Waals surface area contributed by atoms with Gasteiger partial charge < -0.3 is 15.9 Å². The summed E-state index contributed by atoms with van der Waals surface area (Å²) in [4.78, 5) is 12.1. The highest BCUT2D eigenvalue weighted by Gasteiger charge is 2.26. The first-order valence-corrected chi connectivity index (χ1v) is 10.5. The van der Waals surface area contributed by atoms with Gasteiger partial charge in [-0.25, -0.2) is 8.51 Å². The second kappa shape index (κ2) is 7.88. The number of primary amides is 1. The van der Waals surface area contributed by atoms with Crippen LogP contribution < -0.4 is 5.73 Å². The molecule has 156 valence electrons. The maximum absolute atomic E-state index is 12.9. The largest absolute Gasteiger partial charge is 0.507 e. The Labute approximate surface area is 175 Å². The molecule has 1 fully saturated rings. The summed E-state index contributed by atoms with van der Waals surface area (Å²) in [5.74, 6) is -1.31. The van der Waals surface area contributed by atoms with Gasteiger partial charge in [-0.05, 0) is 38.0 Å². The van der Waals surface area contributed by atoms with Crippen molar-refractivity contribution >= 4 is 16.9 Å². The van der Waals surface area contributed by atoms with Crippen molar-refractivity contribution in [1.82, 2.24) is 19.1 Å². The first kappa shape index (κ1) is 20.0. The number of rotatable bonds is 5. The number of phenolic OH excluding ortho intramolecular Hbond substituents is 2. The Morgan fingerprint density at radius 2 is 1.73 bits per heavy atom. The van der Waals surface area contributed by atoms with Crippen LogP contribution in [0.1, 0.15) is 29.0 Å². The molecule has 3 aromatic rings. The van der Waals surface area contributed by atoms with Crippen LogP contribution in [0.5, 0.6) is 11.5 Å². The van der Waals surface area contributed by atoms with Crippen molar-refractivity contribution in [3.63, 3.8) is 0 Å². The van der Waals surface area contributed by atoms with Crippen molar-refractivity contribution in [3.8, 4) is 28.6 Å². The fourth-order valence-electron chi connectivity index (χ4n) is 3.43. The van der Waals surface area contributed by atoms with E-state index in [-0.39, 0.29) is 33.6 Å². The van der Waals surface area contributed by atoms with Crippen molar-refractivity contribution < 1.29 is 19.2 Å². The molecule has 0 spiro atoms. The molecule has 0 saturated carbocycles. The fraction of sp³-hybridized carbons (Fsp3) is 0.250. The topological polar surface area (TPSA) is 135 Å². The smallest absolute Gasteiger partial charge is 0.287 e. The van der Waals surface area contributed by atoms with Crippen LogP contribution in [0, 0.1) is 6.92 Å². The van der Waals surface area contributed by atoms with E-state index < -0.39 is 16.9 Å². The van der Waals surface area contributed by atoms with E-state index in [2.05, 4.69) is 10.2 Å². The van der Waals surface area contributed by atoms with Gasteiger partial charge in [0.15, 0.2) is 5.82 Å². The molecule has 2 aromatic carbocycles. The molecule has 2 heterocycles. The first-order valence-electron chi connectivity index (χ1n) is 9.42. The SMILES string of the molecule is Cc1ccc(-n2c(C(N)=O)nnc2-c2cc(S(=O)N3CCCC3)c(O)cc2O)cc1. The zero-order valence-corrected chi connectivity index (χ0v) is 17.1. The van der Waals surface area contributed by atoms with E-state index >= 15 is 0 Å². The summed E-state index contributed by atoms with van der Waals surface area (Å²) in [6.07, 6.45) is 1.86. The molecule has 30 heavy (non-hydrogen) atoms. The fourth-order valence-corrected chi connectivity index (χ4v) is 4.75. The molecule has 1 saturated heterocycles. The molecular formula is C20H21N5O4S. The number of aromatic hydroxyl groups is 2. The van der Waals surface area contributed by atoms with E-state index in [9.17, 15) is 19.2 Å². The lowest BCUT2D eigenvalue weighted by molar-refractivity contribution is 0.0988. The number of benzene rings is 2. The zero-order chi connectivity index (χ0) is 21.4. The molecule has 9 nitrogen and oxygen atoms in total. The Morgan fingerprint density at radius 3 is 2.37 bits per heavy atom. The number of phenols is 2. The minimum atomic E-state index is -1.60. The second-order valence-corrected chi connectivity index (χ2v) is 8.56. The summed E-state index contributed by atoms with van der Waals surface area (Å²) in [7, 11) is -1.60. The molecular weight excluding hydrogens is 406 g/mol. The lowest BCUT2D eigenvalue weighted by Crippen LogP contribution is -2.22. The highest BCUT2D eigenvalue weighted by molar-refractivity contribution is 7.82. The monoisotopic (exact) mass is 427 g/mol. The van der Waals surface area contributed by atoms with Crippen LogP contribution >= 0.6 is 0 Å². The van der Waals surface area contributed by atoms with Gasteiger partial charge in [0.05, 0.1) is 10.5 Å². The van der Waals surface area contributed by atoms with Gasteiger partial charge >= 0.3 is 0 Å². The molecule has 4 N–H and O–H groups in total. The van der Waals surface area contributed by atoms with E-state index in [0.717, 1.165) is 24.5 Å². The third-order valence-electron chi connectivity index (χ3n) is 4.98. The van der Waals surface area contributed by atoms with Crippen molar-refractivity contribution in [2.75, 3.05) is 13.1 Å². The van der Waals surface area contributed by atoms with E-state index in [1.165, 1.54) is 10.6 Å². The molecule has 0 aliphatic carbocycles. The molecule has 0 bridgehead atoms. The van der Waals surface area contributed by atoms with Crippen molar-refractivity contribution in [2.24, 2.45) is 5.73 Å². The molecule has 1 atom stereocenters. The molecule has 1 aliphatic heterocycles. The van der Waals surface area contributed by atoms with Gasteiger partial charge in [-0.15, -0.1) is 10.2 Å². The van der Waals surface area contributed by atoms with Gasteiger partial charge in [0.25, 0.3) is 5.91 Å². The summed E-state index contributed by atoms with van der Waals surface area (Å²) in [6.45, 7) is 3.25. The van der Waals surface area contributed by atoms with Gasteiger partial charge in [0, 0.05) is 24.8 Å². The predicted octanol–water partition coefficient (Wildman–Crippen LogP) is 1.87. The molecule has 1 amide bonds. The molecule has 1 aliphatic rings. The first-order chi connectivity index (χ1) is 14.4. The number of carbonyl (C=O) groups is 1. The Hall–Kier alpha value is -3.24. The van der Waals surface area contributed by atoms with Crippen LogP contribution in [0.4, 0.5) is 0 Å². The maximum Gasteiger partial charge on any atom is 0.287 e. The summed E-state index contributed by atoms with van der Waals surface area (Å²) >= 11 is 0. The van der Waals surface area contributed by atoms with Gasteiger partial charge in [-0.1, -0.05) is 17.7 Å². The Kier molecular flexibility index (Phi) is 5.27. The zero-order valence-electron chi connectivity index (χ0n) is 16.3. The molecule has 4 rings (SSSR count). The summed E-state index contributed by atoms with van der Waals surface area (Å²) < 4.78 is 16.1. The van der Waals surface area contributed by atoms with Crippen LogP contribution in [-0.2, 0) is 11.0 Å². The third kappa shape index (κ3) is 3.55. The summed E-state index contributed by atoms with van der Waals surface area (Å²) in [5.41, 5.74) is 7.24. The average molecular weight is 427 g/mol. The van der Waals surface area contributed by atoms with Gasteiger partial charge in [-0.3, -0.25) is 9.36 Å². The third-order valence-corrected chi connectivity index (χ3v) is 6.52. The Morgan fingerprint density at radius 1 is 1.07 bits per heavy atom. The second-order valence-electron chi connectivity index (χ2n) is 7.10. The number of hydrogen-bond donors (Lipinski definition) is 3. The minimum Gasteiger partial charge on any atom is -0.507 e. The molecule has 10 heteroatoms. The van der Waals surface area contributed by atoms with Crippen molar-refractivity contribution in [2.45, 2.75) is 24.7 Å². The molecule has 1 unspecified atom stereocenters. The summed E-state index contributed by atoms with van der Waals surface area (Å²) in [6, 6.07) is 9.79. The number of nitrogens with zero attached hydrogens (tertiary/aromatic N) is 4. The van der Waals surface area contributed by atoms with E-state index in [4.69, 9.17) is 5.73 Å². The number of aromatic nitrogens is 3. The summed E-state index contributed by atoms with van der Waals surface area (Å²) in [5, 5.41) is 28.8. The standard InChI is InChI=1S/C20H21N5O4S/c1-12-4-6-13(7-5-12)25-19(22-23-20(25)18(21)28)14-10-17(16(27)11-15(14)26)30(29)24-8-2-3-9-24/h4-7,10-11,26-27H,2-3,8-9H2,1H3,(H2,21,28). The van der Waals surface area contributed by atoms with Crippen LogP contribution in [0.25, 0.3) is 17.1 Å². The van der Waals surface area contributed by atoms with Crippen LogP contribution in [-0.4, -0.2) is 52.5 Å². The number of aryl methyl sites for hydroxylation is 1. The number of carbonyl (C=O) groups excluding carboxylic acids is 1. The van der Waals surface area contributed by atoms with E-state index in [1.807, 2.05) is 19.1 Å². The van der Waals surface area contributed by atoms with Crippen molar-refractivity contribution in [1.29, 1.82) is 0 Å². The Bertz CT molecular complexity index is 1140. The Balaban J connectivity index is 1.88. The molecule has 0 radical (unpaired) electrons. The predicted molar refractivity (Wildman–Crippen MR) is 111 cm³/mol. The number of nitrogens with two attached hydrogens (primary N) is 1. The lowest BCUT2D eigenvalue weighted by atomic mass is 10.1. The maximum atomic E-state index is 12.9. The minimum absolute atomic E-state index is 0.108. The van der Waals surface area contributed by atoms with Crippen molar-refractivity contribution in [3.05, 3.63) is 47.8 Å². The highest BCUT2D eigenvalue weighted by atomic mass is 32.2. The van der Waals surface area contributed by atoms with E-state index in [1.54, 1.807) is 16.4 Å². The van der Waals surface area contributed by atoms with Crippen LogP contribution in [0.2, 0.25) is 0 Å². The highest BCUT2D eigenvalue weighted by Crippen LogP contribution is 2.37. The quantitative estimate of drug-likeness (QED) is 0.569. The van der Waals surface area contributed by atoms with E-state index in [0.29, 0.717) is 18.8 Å².